The number of rotatable bonds is 4. The van der Waals surface area contributed by atoms with Gasteiger partial charge >= 0.3 is 0 Å². The molecule has 0 heterocycles. The molecule has 0 bridgehead atoms. The number of nitrogens with one attached hydrogen (secondary N) is 2. The first-order valence-electron chi connectivity index (χ1n) is 5.03. The van der Waals surface area contributed by atoms with Crippen LogP contribution >= 0.6 is 28.1 Å². The van der Waals surface area contributed by atoms with E-state index in [0.29, 0.717) is 4.99 Å². The first kappa shape index (κ1) is 13.9. The largest absolute Gasteiger partial charge is 0.389 e. The van der Waals surface area contributed by atoms with Crippen LogP contribution < -0.4 is 16.4 Å². The molecular weight excluding hydrogens is 302 g/mol. The van der Waals surface area contributed by atoms with Crippen molar-refractivity contribution in [1.82, 2.24) is 5.32 Å². The summed E-state index contributed by atoms with van der Waals surface area (Å²) in [6.45, 7) is 1.77. The Kier molecular flexibility index (Phi) is 4.89. The SMILES string of the molecule is CNC(=O)C(C)Nc1cc(Br)ccc1C(N)=S. The Labute approximate surface area is 114 Å². The highest BCUT2D eigenvalue weighted by molar-refractivity contribution is 9.10. The van der Waals surface area contributed by atoms with E-state index in [1.807, 2.05) is 18.2 Å². The van der Waals surface area contributed by atoms with Crippen molar-refractivity contribution in [3.05, 3.63) is 28.2 Å². The smallest absolute Gasteiger partial charge is 0.241 e. The third-order valence-electron chi connectivity index (χ3n) is 2.26. The summed E-state index contributed by atoms with van der Waals surface area (Å²) in [6, 6.07) is 5.14. The highest BCUT2D eigenvalue weighted by Crippen LogP contribution is 2.22. The highest BCUT2D eigenvalue weighted by atomic mass is 79.9. The lowest BCUT2D eigenvalue weighted by atomic mass is 10.1. The van der Waals surface area contributed by atoms with Gasteiger partial charge < -0.3 is 16.4 Å². The fourth-order valence-electron chi connectivity index (χ4n) is 1.37. The lowest BCUT2D eigenvalue weighted by molar-refractivity contribution is -0.121. The van der Waals surface area contributed by atoms with Gasteiger partial charge in [0.25, 0.3) is 0 Å². The molecule has 1 amide bonds. The van der Waals surface area contributed by atoms with Crippen LogP contribution in [0, 0.1) is 0 Å². The van der Waals surface area contributed by atoms with Crippen molar-refractivity contribution in [3.63, 3.8) is 0 Å². The second kappa shape index (κ2) is 5.97. The lowest BCUT2D eigenvalue weighted by Gasteiger charge is -2.16. The van der Waals surface area contributed by atoms with E-state index in [1.54, 1.807) is 14.0 Å². The van der Waals surface area contributed by atoms with Crippen molar-refractivity contribution >= 4 is 44.7 Å². The van der Waals surface area contributed by atoms with Crippen molar-refractivity contribution in [2.75, 3.05) is 12.4 Å². The monoisotopic (exact) mass is 315 g/mol. The van der Waals surface area contributed by atoms with Gasteiger partial charge in [0.15, 0.2) is 0 Å². The van der Waals surface area contributed by atoms with Crippen LogP contribution in [0.5, 0.6) is 0 Å². The first-order valence-corrected chi connectivity index (χ1v) is 6.23. The summed E-state index contributed by atoms with van der Waals surface area (Å²) < 4.78 is 0.893. The molecule has 0 aromatic heterocycles. The number of nitrogens with two attached hydrogens (primary N) is 1. The zero-order valence-electron chi connectivity index (χ0n) is 9.58. The minimum atomic E-state index is -0.359. The van der Waals surface area contributed by atoms with Gasteiger partial charge in [0, 0.05) is 22.8 Å². The normalized spacial score (nSPS) is 11.7. The van der Waals surface area contributed by atoms with Gasteiger partial charge in [-0.15, -0.1) is 0 Å². The van der Waals surface area contributed by atoms with Gasteiger partial charge in [0.05, 0.1) is 0 Å². The number of anilines is 1. The molecule has 0 aliphatic heterocycles. The molecule has 1 aromatic rings. The summed E-state index contributed by atoms with van der Waals surface area (Å²) in [7, 11) is 1.59. The summed E-state index contributed by atoms with van der Waals surface area (Å²) >= 11 is 8.33. The van der Waals surface area contributed by atoms with Gasteiger partial charge in [-0.05, 0) is 25.1 Å². The van der Waals surface area contributed by atoms with Crippen molar-refractivity contribution in [3.8, 4) is 0 Å². The maximum absolute atomic E-state index is 11.4. The predicted molar refractivity (Wildman–Crippen MR) is 77.2 cm³/mol. The number of hydrogen-bond donors (Lipinski definition) is 3. The summed E-state index contributed by atoms with van der Waals surface area (Å²) in [5.74, 6) is -0.0983. The molecule has 1 unspecified atom stereocenters. The Morgan fingerprint density at radius 2 is 2.18 bits per heavy atom. The van der Waals surface area contributed by atoms with Crippen LogP contribution in [-0.4, -0.2) is 24.0 Å². The molecule has 0 aliphatic carbocycles. The number of carbonyl (C=O) groups excluding carboxylic acids is 1. The molecule has 1 atom stereocenters. The number of halogens is 1. The van der Waals surface area contributed by atoms with E-state index in [9.17, 15) is 4.79 Å². The number of thiocarbonyl (C=S) groups is 1. The van der Waals surface area contributed by atoms with Crippen molar-refractivity contribution in [2.45, 2.75) is 13.0 Å². The molecule has 0 fully saturated rings. The zero-order chi connectivity index (χ0) is 13.0. The molecule has 0 saturated heterocycles. The lowest BCUT2D eigenvalue weighted by Crippen LogP contribution is -2.35. The average Bonchev–Trinajstić information content (AvgIpc) is 2.27. The number of amides is 1. The minimum absolute atomic E-state index is 0.0983. The van der Waals surface area contributed by atoms with E-state index in [1.165, 1.54) is 0 Å². The number of hydrogen-bond acceptors (Lipinski definition) is 3. The maximum atomic E-state index is 11.4. The molecule has 6 heteroatoms. The average molecular weight is 316 g/mol. The maximum Gasteiger partial charge on any atom is 0.241 e. The number of benzene rings is 1. The molecule has 0 aliphatic rings. The number of carbonyl (C=O) groups is 1. The number of likely N-dealkylation sites (N-methyl/N-ethyl adjacent to an activating group) is 1. The topological polar surface area (TPSA) is 67.2 Å². The molecule has 17 heavy (non-hydrogen) atoms. The van der Waals surface area contributed by atoms with Crippen LogP contribution in [0.2, 0.25) is 0 Å². The predicted octanol–water partition coefficient (Wildman–Crippen LogP) is 1.63. The van der Waals surface area contributed by atoms with Crippen LogP contribution in [0.25, 0.3) is 0 Å². The van der Waals surface area contributed by atoms with Gasteiger partial charge in [0.2, 0.25) is 5.91 Å². The standard InChI is InChI=1S/C11H14BrN3OS/c1-6(11(16)14-2)15-9-5-7(12)3-4-8(9)10(13)17/h3-6,15H,1-2H3,(H2,13,17)(H,14,16). The molecule has 0 radical (unpaired) electrons. The minimum Gasteiger partial charge on any atom is -0.389 e. The van der Waals surface area contributed by atoms with Gasteiger partial charge in [-0.3, -0.25) is 4.79 Å². The molecular formula is C11H14BrN3OS. The molecule has 4 nitrogen and oxygen atoms in total. The zero-order valence-corrected chi connectivity index (χ0v) is 12.0. The molecule has 1 rings (SSSR count). The molecule has 0 saturated carbocycles. The van der Waals surface area contributed by atoms with Gasteiger partial charge in [-0.1, -0.05) is 28.1 Å². The Morgan fingerprint density at radius 3 is 2.71 bits per heavy atom. The fourth-order valence-corrected chi connectivity index (χ4v) is 1.91. The third kappa shape index (κ3) is 3.67. The van der Waals surface area contributed by atoms with Crippen LogP contribution in [0.15, 0.2) is 22.7 Å². The third-order valence-corrected chi connectivity index (χ3v) is 2.97. The Bertz CT molecular complexity index is 450. The summed E-state index contributed by atoms with van der Waals surface area (Å²) in [5.41, 5.74) is 7.08. The van der Waals surface area contributed by atoms with Crippen molar-refractivity contribution in [1.29, 1.82) is 0 Å². The van der Waals surface area contributed by atoms with Crippen LogP contribution in [0.3, 0.4) is 0 Å². The van der Waals surface area contributed by atoms with E-state index in [0.717, 1.165) is 15.7 Å². The molecule has 92 valence electrons. The molecule has 1 aromatic carbocycles. The van der Waals surface area contributed by atoms with Crippen molar-refractivity contribution < 1.29 is 4.79 Å². The van der Waals surface area contributed by atoms with Gasteiger partial charge in [-0.2, -0.15) is 0 Å². The van der Waals surface area contributed by atoms with E-state index < -0.39 is 0 Å². The first-order chi connectivity index (χ1) is 7.95. The second-order valence-corrected chi connectivity index (χ2v) is 4.89. The van der Waals surface area contributed by atoms with Crippen molar-refractivity contribution in [2.24, 2.45) is 5.73 Å². The molecule has 0 spiro atoms. The van der Waals surface area contributed by atoms with Gasteiger partial charge in [0.1, 0.15) is 11.0 Å². The van der Waals surface area contributed by atoms with Crippen LogP contribution in [0.1, 0.15) is 12.5 Å². The van der Waals surface area contributed by atoms with E-state index >= 15 is 0 Å². The second-order valence-electron chi connectivity index (χ2n) is 3.53. The van der Waals surface area contributed by atoms with Crippen LogP contribution in [-0.2, 0) is 4.79 Å². The van der Waals surface area contributed by atoms with E-state index in [-0.39, 0.29) is 11.9 Å². The summed E-state index contributed by atoms with van der Waals surface area (Å²) in [5, 5.41) is 5.64. The summed E-state index contributed by atoms with van der Waals surface area (Å²) in [4.78, 5) is 11.7. The van der Waals surface area contributed by atoms with Gasteiger partial charge in [-0.25, -0.2) is 0 Å². The van der Waals surface area contributed by atoms with E-state index in [4.69, 9.17) is 18.0 Å². The summed E-state index contributed by atoms with van der Waals surface area (Å²) in [6.07, 6.45) is 0. The highest BCUT2D eigenvalue weighted by Gasteiger charge is 2.13. The fraction of sp³-hybridized carbons (Fsp3) is 0.273. The van der Waals surface area contributed by atoms with E-state index in [2.05, 4.69) is 26.6 Å². The Balaban J connectivity index is 3.00. The van der Waals surface area contributed by atoms with Crippen LogP contribution in [0.4, 0.5) is 5.69 Å². The quantitative estimate of drug-likeness (QED) is 0.739. The Morgan fingerprint density at radius 1 is 1.53 bits per heavy atom. The Hall–Kier alpha value is -1.14. The molecule has 4 N–H and O–H groups in total.